The molecule has 0 radical (unpaired) electrons. The van der Waals surface area contributed by atoms with Gasteiger partial charge in [0.05, 0.1) is 16.7 Å². The van der Waals surface area contributed by atoms with Crippen molar-refractivity contribution in [2.75, 3.05) is 26.2 Å². The van der Waals surface area contributed by atoms with Crippen molar-refractivity contribution in [3.63, 3.8) is 0 Å². The zero-order chi connectivity index (χ0) is 14.7. The molecule has 110 valence electrons. The second-order valence-electron chi connectivity index (χ2n) is 5.31. The zero-order valence-corrected chi connectivity index (χ0v) is 12.5. The van der Waals surface area contributed by atoms with Gasteiger partial charge in [-0.15, -0.1) is 0 Å². The van der Waals surface area contributed by atoms with E-state index in [-0.39, 0.29) is 18.1 Å². The van der Waals surface area contributed by atoms with Crippen LogP contribution in [0.2, 0.25) is 5.02 Å². The number of aliphatic hydroxyl groups excluding tert-OH is 1. The van der Waals surface area contributed by atoms with Gasteiger partial charge in [0.1, 0.15) is 0 Å². The summed E-state index contributed by atoms with van der Waals surface area (Å²) in [5.41, 5.74) is 0.498. The van der Waals surface area contributed by atoms with Crippen molar-refractivity contribution in [1.29, 1.82) is 0 Å². The van der Waals surface area contributed by atoms with Gasteiger partial charge < -0.3 is 10.0 Å². The van der Waals surface area contributed by atoms with E-state index in [0.29, 0.717) is 23.7 Å². The number of carbonyl (C=O) groups excluding carboxylic acids is 1. The summed E-state index contributed by atoms with van der Waals surface area (Å²) in [6.07, 6.45) is 2.72. The fourth-order valence-corrected chi connectivity index (χ4v) is 2.78. The lowest BCUT2D eigenvalue weighted by molar-refractivity contribution is 0.0383. The number of hydrogen-bond donors (Lipinski definition) is 1. The molecule has 1 aliphatic heterocycles. The van der Waals surface area contributed by atoms with E-state index in [9.17, 15) is 9.90 Å². The van der Waals surface area contributed by atoms with Crippen molar-refractivity contribution in [2.45, 2.75) is 26.0 Å². The van der Waals surface area contributed by atoms with Gasteiger partial charge >= 0.3 is 0 Å². The highest BCUT2D eigenvalue weighted by Gasteiger charge is 2.29. The number of nitrogens with zero attached hydrogens (tertiary/aromatic N) is 3. The summed E-state index contributed by atoms with van der Waals surface area (Å²) in [4.78, 5) is 20.4. The van der Waals surface area contributed by atoms with E-state index in [4.69, 9.17) is 11.6 Å². The first-order valence-electron chi connectivity index (χ1n) is 6.80. The average Bonchev–Trinajstić information content (AvgIpc) is 2.38. The lowest BCUT2D eigenvalue weighted by Crippen LogP contribution is -2.55. The Labute approximate surface area is 124 Å². The van der Waals surface area contributed by atoms with E-state index >= 15 is 0 Å². The SMILES string of the molecule is C[C@H](O)CN1CCN(C(=O)c2ccncc2Cl)[C@@H](C)C1. The second kappa shape index (κ2) is 6.52. The summed E-state index contributed by atoms with van der Waals surface area (Å²) in [5.74, 6) is -0.0541. The number of rotatable bonds is 3. The van der Waals surface area contributed by atoms with Gasteiger partial charge in [-0.25, -0.2) is 0 Å². The molecule has 2 heterocycles. The van der Waals surface area contributed by atoms with Crippen LogP contribution in [0, 0.1) is 0 Å². The van der Waals surface area contributed by atoms with Crippen molar-refractivity contribution in [3.05, 3.63) is 29.0 Å². The maximum Gasteiger partial charge on any atom is 0.255 e. The molecule has 0 saturated carbocycles. The van der Waals surface area contributed by atoms with Gasteiger partial charge in [0, 0.05) is 44.6 Å². The minimum Gasteiger partial charge on any atom is -0.392 e. The number of carbonyl (C=O) groups is 1. The third-order valence-electron chi connectivity index (χ3n) is 3.50. The van der Waals surface area contributed by atoms with E-state index in [2.05, 4.69) is 9.88 Å². The van der Waals surface area contributed by atoms with Crippen LogP contribution in [0.25, 0.3) is 0 Å². The first-order chi connectivity index (χ1) is 9.49. The van der Waals surface area contributed by atoms with Gasteiger partial charge in [-0.2, -0.15) is 0 Å². The molecule has 6 heteroatoms. The summed E-state index contributed by atoms with van der Waals surface area (Å²) in [5, 5.41) is 9.82. The number of halogens is 1. The van der Waals surface area contributed by atoms with Crippen molar-refractivity contribution in [2.24, 2.45) is 0 Å². The third kappa shape index (κ3) is 3.48. The molecule has 1 amide bonds. The van der Waals surface area contributed by atoms with Crippen LogP contribution in [-0.4, -0.2) is 64.1 Å². The zero-order valence-electron chi connectivity index (χ0n) is 11.8. The number of pyridine rings is 1. The number of piperazine rings is 1. The molecule has 0 aromatic carbocycles. The maximum absolute atomic E-state index is 12.5. The van der Waals surface area contributed by atoms with Gasteiger partial charge in [-0.1, -0.05) is 11.6 Å². The summed E-state index contributed by atoms with van der Waals surface area (Å²) in [6.45, 7) is 6.61. The molecule has 2 atom stereocenters. The molecule has 1 aromatic rings. The highest BCUT2D eigenvalue weighted by molar-refractivity contribution is 6.33. The Hall–Kier alpha value is -1.17. The van der Waals surface area contributed by atoms with Crippen LogP contribution in [0.3, 0.4) is 0 Å². The fourth-order valence-electron chi connectivity index (χ4n) is 2.58. The van der Waals surface area contributed by atoms with Gasteiger partial charge in [0.25, 0.3) is 5.91 Å². The van der Waals surface area contributed by atoms with Crippen LogP contribution >= 0.6 is 11.6 Å². The molecule has 5 nitrogen and oxygen atoms in total. The van der Waals surface area contributed by atoms with Crippen LogP contribution in [0.5, 0.6) is 0 Å². The molecule has 0 unspecified atom stereocenters. The standard InChI is InChI=1S/C14H20ClN3O2/c1-10-8-17(9-11(2)19)5-6-18(10)14(20)12-3-4-16-7-13(12)15/h3-4,7,10-11,19H,5-6,8-9H2,1-2H3/t10-,11-/m0/s1. The topological polar surface area (TPSA) is 56.7 Å². The predicted octanol–water partition coefficient (Wildman–Crippen LogP) is 1.26. The van der Waals surface area contributed by atoms with Gasteiger partial charge in [-0.3, -0.25) is 14.7 Å². The van der Waals surface area contributed by atoms with Crippen LogP contribution in [0.4, 0.5) is 0 Å². The van der Waals surface area contributed by atoms with Crippen LogP contribution in [0.1, 0.15) is 24.2 Å². The number of aromatic nitrogens is 1. The molecule has 20 heavy (non-hydrogen) atoms. The minimum atomic E-state index is -0.348. The van der Waals surface area contributed by atoms with E-state index in [0.717, 1.165) is 13.1 Å². The Morgan fingerprint density at radius 3 is 2.95 bits per heavy atom. The largest absolute Gasteiger partial charge is 0.392 e. The molecule has 1 N–H and O–H groups in total. The fraction of sp³-hybridized carbons (Fsp3) is 0.571. The number of amides is 1. The van der Waals surface area contributed by atoms with Gasteiger partial charge in [0.2, 0.25) is 0 Å². The lowest BCUT2D eigenvalue weighted by atomic mass is 10.1. The number of β-amino-alcohol motifs (C(OH)–C–C–N with tert-alkyl or cyclic N) is 1. The molecule has 0 bridgehead atoms. The Morgan fingerprint density at radius 1 is 1.60 bits per heavy atom. The normalized spacial score (nSPS) is 21.8. The lowest BCUT2D eigenvalue weighted by Gasteiger charge is -2.40. The summed E-state index contributed by atoms with van der Waals surface area (Å²) >= 11 is 6.03. The molecular weight excluding hydrogens is 278 g/mol. The highest BCUT2D eigenvalue weighted by Crippen LogP contribution is 2.19. The highest BCUT2D eigenvalue weighted by atomic mass is 35.5. The molecule has 0 spiro atoms. The Balaban J connectivity index is 2.04. The van der Waals surface area contributed by atoms with E-state index in [1.807, 2.05) is 11.8 Å². The predicted molar refractivity (Wildman–Crippen MR) is 77.9 cm³/mol. The smallest absolute Gasteiger partial charge is 0.255 e. The van der Waals surface area contributed by atoms with Crippen LogP contribution in [-0.2, 0) is 0 Å². The Bertz CT molecular complexity index is 481. The monoisotopic (exact) mass is 297 g/mol. The second-order valence-corrected chi connectivity index (χ2v) is 5.72. The van der Waals surface area contributed by atoms with Crippen molar-refractivity contribution in [1.82, 2.24) is 14.8 Å². The molecule has 0 aliphatic carbocycles. The average molecular weight is 298 g/mol. The third-order valence-corrected chi connectivity index (χ3v) is 3.80. The number of hydrogen-bond acceptors (Lipinski definition) is 4. The Morgan fingerprint density at radius 2 is 2.35 bits per heavy atom. The molecular formula is C14H20ClN3O2. The number of aliphatic hydroxyl groups is 1. The van der Waals surface area contributed by atoms with Crippen LogP contribution < -0.4 is 0 Å². The molecule has 1 fully saturated rings. The summed E-state index contributed by atoms with van der Waals surface area (Å²) < 4.78 is 0. The molecule has 2 rings (SSSR count). The first-order valence-corrected chi connectivity index (χ1v) is 7.17. The van der Waals surface area contributed by atoms with Crippen molar-refractivity contribution < 1.29 is 9.90 Å². The van der Waals surface area contributed by atoms with E-state index < -0.39 is 0 Å². The minimum absolute atomic E-state index is 0.0541. The molecule has 1 aliphatic rings. The molecule has 1 aromatic heterocycles. The van der Waals surface area contributed by atoms with Gasteiger partial charge in [0.15, 0.2) is 0 Å². The Kier molecular flexibility index (Phi) is 4.96. The molecule has 1 saturated heterocycles. The van der Waals surface area contributed by atoms with E-state index in [1.54, 1.807) is 19.2 Å². The maximum atomic E-state index is 12.5. The first kappa shape index (κ1) is 15.2. The van der Waals surface area contributed by atoms with Gasteiger partial charge in [-0.05, 0) is 19.9 Å². The van der Waals surface area contributed by atoms with Crippen LogP contribution in [0.15, 0.2) is 18.5 Å². The quantitative estimate of drug-likeness (QED) is 0.913. The van der Waals surface area contributed by atoms with Crippen molar-refractivity contribution in [3.8, 4) is 0 Å². The van der Waals surface area contributed by atoms with Crippen molar-refractivity contribution >= 4 is 17.5 Å². The van der Waals surface area contributed by atoms with E-state index in [1.165, 1.54) is 6.20 Å². The summed E-state index contributed by atoms with van der Waals surface area (Å²) in [7, 11) is 0. The summed E-state index contributed by atoms with van der Waals surface area (Å²) in [6, 6.07) is 1.75.